The van der Waals surface area contributed by atoms with E-state index >= 15 is 0 Å². The van der Waals surface area contributed by atoms with Gasteiger partial charge in [0.15, 0.2) is 5.16 Å². The fourth-order valence-corrected chi connectivity index (χ4v) is 2.50. The molecule has 18 heavy (non-hydrogen) atoms. The van der Waals surface area contributed by atoms with Crippen molar-refractivity contribution in [1.82, 2.24) is 15.0 Å². The molecule has 0 aliphatic heterocycles. The molecule has 0 saturated carbocycles. The molecule has 90 valence electrons. The molecule has 0 spiro atoms. The number of anilines is 1. The minimum Gasteiger partial charge on any atom is -0.397 e. The van der Waals surface area contributed by atoms with Crippen LogP contribution < -0.4 is 5.73 Å². The molecule has 5 heteroatoms. The highest BCUT2D eigenvalue weighted by Crippen LogP contribution is 2.29. The van der Waals surface area contributed by atoms with E-state index in [1.165, 1.54) is 11.8 Å². The molecule has 0 amide bonds. The highest BCUT2D eigenvalue weighted by Gasteiger charge is 2.07. The first-order chi connectivity index (χ1) is 8.72. The molecule has 3 N–H and O–H groups in total. The normalized spacial score (nSPS) is 10.9. The van der Waals surface area contributed by atoms with E-state index in [0.29, 0.717) is 5.69 Å². The number of pyridine rings is 1. The lowest BCUT2D eigenvalue weighted by atomic mass is 10.3. The van der Waals surface area contributed by atoms with Gasteiger partial charge in [-0.2, -0.15) is 0 Å². The summed E-state index contributed by atoms with van der Waals surface area (Å²) < 4.78 is 0. The fourth-order valence-electron chi connectivity index (χ4n) is 1.73. The third kappa shape index (κ3) is 2.04. The Bertz CT molecular complexity index is 672. The number of aromatic nitrogens is 3. The van der Waals surface area contributed by atoms with Crippen molar-refractivity contribution in [2.75, 3.05) is 5.73 Å². The first kappa shape index (κ1) is 11.1. The third-order valence-corrected chi connectivity index (χ3v) is 3.50. The molecule has 0 radical (unpaired) electrons. The fraction of sp³-hybridized carbons (Fsp3) is 0.0769. The molecule has 2 heterocycles. The first-order valence-electron chi connectivity index (χ1n) is 5.57. The quantitative estimate of drug-likeness (QED) is 0.739. The van der Waals surface area contributed by atoms with Crippen LogP contribution in [0.1, 0.15) is 5.56 Å². The minimum absolute atomic E-state index is 0.681. The van der Waals surface area contributed by atoms with Crippen molar-refractivity contribution >= 4 is 28.5 Å². The molecule has 0 fully saturated rings. The second kappa shape index (κ2) is 4.34. The van der Waals surface area contributed by atoms with Gasteiger partial charge in [-0.1, -0.05) is 12.1 Å². The van der Waals surface area contributed by atoms with Crippen LogP contribution in [0.3, 0.4) is 0 Å². The molecule has 0 unspecified atom stereocenters. The van der Waals surface area contributed by atoms with Crippen LogP contribution in [0, 0.1) is 6.92 Å². The van der Waals surface area contributed by atoms with E-state index < -0.39 is 0 Å². The predicted octanol–water partition coefficient (Wildman–Crippen LogP) is 3.00. The predicted molar refractivity (Wildman–Crippen MR) is 73.6 cm³/mol. The summed E-state index contributed by atoms with van der Waals surface area (Å²) in [6.45, 7) is 1.97. The van der Waals surface area contributed by atoms with Crippen LogP contribution in [0.15, 0.2) is 46.7 Å². The first-order valence-corrected chi connectivity index (χ1v) is 6.39. The number of benzene rings is 1. The van der Waals surface area contributed by atoms with E-state index in [4.69, 9.17) is 5.73 Å². The Morgan fingerprint density at radius 1 is 1.28 bits per heavy atom. The number of imidazole rings is 1. The summed E-state index contributed by atoms with van der Waals surface area (Å²) in [5.74, 6) is 0. The van der Waals surface area contributed by atoms with Crippen molar-refractivity contribution in [3.8, 4) is 0 Å². The number of nitrogens with one attached hydrogen (secondary N) is 1. The van der Waals surface area contributed by atoms with Crippen molar-refractivity contribution < 1.29 is 0 Å². The molecule has 0 aliphatic rings. The average Bonchev–Trinajstić information content (AvgIpc) is 2.75. The van der Waals surface area contributed by atoms with Crippen LogP contribution in [0.2, 0.25) is 0 Å². The molecule has 0 saturated heterocycles. The molecule has 0 aliphatic carbocycles. The number of rotatable bonds is 2. The topological polar surface area (TPSA) is 67.6 Å². The summed E-state index contributed by atoms with van der Waals surface area (Å²) in [5, 5.41) is 1.58. The van der Waals surface area contributed by atoms with Gasteiger partial charge in [-0.25, -0.2) is 9.97 Å². The summed E-state index contributed by atoms with van der Waals surface area (Å²) in [7, 11) is 0. The summed E-state index contributed by atoms with van der Waals surface area (Å²) in [4.78, 5) is 12.0. The zero-order chi connectivity index (χ0) is 12.5. The van der Waals surface area contributed by atoms with Gasteiger partial charge in [0, 0.05) is 6.20 Å². The largest absolute Gasteiger partial charge is 0.397 e. The van der Waals surface area contributed by atoms with Gasteiger partial charge < -0.3 is 10.7 Å². The number of nitrogens with two attached hydrogens (primary N) is 1. The van der Waals surface area contributed by atoms with Crippen molar-refractivity contribution in [2.45, 2.75) is 17.1 Å². The van der Waals surface area contributed by atoms with Crippen LogP contribution in [-0.4, -0.2) is 15.0 Å². The van der Waals surface area contributed by atoms with Gasteiger partial charge in [-0.05, 0) is 42.4 Å². The highest BCUT2D eigenvalue weighted by molar-refractivity contribution is 7.99. The van der Waals surface area contributed by atoms with Gasteiger partial charge in [0.05, 0.1) is 16.7 Å². The number of aromatic amines is 1. The monoisotopic (exact) mass is 256 g/mol. The van der Waals surface area contributed by atoms with E-state index in [-0.39, 0.29) is 0 Å². The van der Waals surface area contributed by atoms with Gasteiger partial charge in [0.1, 0.15) is 5.03 Å². The van der Waals surface area contributed by atoms with E-state index in [1.54, 1.807) is 6.20 Å². The number of para-hydroxylation sites is 2. The Hall–Kier alpha value is -2.01. The van der Waals surface area contributed by atoms with Crippen LogP contribution in [0.5, 0.6) is 0 Å². The summed E-state index contributed by atoms with van der Waals surface area (Å²) >= 11 is 1.45. The molecule has 3 aromatic rings. The van der Waals surface area contributed by atoms with Crippen molar-refractivity contribution in [3.05, 3.63) is 42.1 Å². The highest BCUT2D eigenvalue weighted by atomic mass is 32.2. The number of nitrogens with zero attached hydrogens (tertiary/aromatic N) is 2. The van der Waals surface area contributed by atoms with Crippen LogP contribution in [0.25, 0.3) is 11.0 Å². The Kier molecular flexibility index (Phi) is 2.68. The summed E-state index contributed by atoms with van der Waals surface area (Å²) in [6.07, 6.45) is 1.81. The van der Waals surface area contributed by atoms with Gasteiger partial charge in [0.2, 0.25) is 0 Å². The molecule has 4 nitrogen and oxygen atoms in total. The van der Waals surface area contributed by atoms with E-state index in [9.17, 15) is 0 Å². The molecule has 0 atom stereocenters. The number of hydrogen-bond donors (Lipinski definition) is 2. The molecule has 0 bridgehead atoms. The summed E-state index contributed by atoms with van der Waals surface area (Å²) in [5.41, 5.74) is 9.65. The lowest BCUT2D eigenvalue weighted by molar-refractivity contribution is 1.05. The zero-order valence-electron chi connectivity index (χ0n) is 9.84. The molecule has 3 rings (SSSR count). The van der Waals surface area contributed by atoms with Gasteiger partial charge in [-0.15, -0.1) is 0 Å². The standard InChI is InChI=1S/C13H12N4S/c1-8-6-9(14)12(15-7-8)18-13-16-10-4-2-3-5-11(10)17-13/h2-7H,14H2,1H3,(H,16,17). The summed E-state index contributed by atoms with van der Waals surface area (Å²) in [6, 6.07) is 9.84. The second-order valence-electron chi connectivity index (χ2n) is 4.07. The Balaban J connectivity index is 1.96. The smallest absolute Gasteiger partial charge is 0.172 e. The SMILES string of the molecule is Cc1cnc(Sc2nc3ccccc3[nH]2)c(N)c1. The lowest BCUT2D eigenvalue weighted by Gasteiger charge is -2.02. The molecule has 1 aromatic carbocycles. The van der Waals surface area contributed by atoms with E-state index in [2.05, 4.69) is 15.0 Å². The van der Waals surface area contributed by atoms with E-state index in [1.807, 2.05) is 37.3 Å². The maximum Gasteiger partial charge on any atom is 0.172 e. The minimum atomic E-state index is 0.681. The van der Waals surface area contributed by atoms with Gasteiger partial charge in [-0.3, -0.25) is 0 Å². The van der Waals surface area contributed by atoms with Gasteiger partial charge in [0.25, 0.3) is 0 Å². The lowest BCUT2D eigenvalue weighted by Crippen LogP contribution is -1.93. The molecular weight excluding hydrogens is 244 g/mol. The third-order valence-electron chi connectivity index (χ3n) is 2.58. The number of hydrogen-bond acceptors (Lipinski definition) is 4. The molecular formula is C13H12N4S. The second-order valence-corrected chi connectivity index (χ2v) is 5.05. The molecule has 2 aromatic heterocycles. The number of fused-ring (bicyclic) bond motifs is 1. The van der Waals surface area contributed by atoms with Crippen molar-refractivity contribution in [3.63, 3.8) is 0 Å². The number of aryl methyl sites for hydroxylation is 1. The Labute approximate surface area is 109 Å². The van der Waals surface area contributed by atoms with E-state index in [0.717, 1.165) is 26.8 Å². The van der Waals surface area contributed by atoms with Gasteiger partial charge >= 0.3 is 0 Å². The number of H-pyrrole nitrogens is 1. The maximum absolute atomic E-state index is 5.94. The average molecular weight is 256 g/mol. The Morgan fingerprint density at radius 2 is 2.11 bits per heavy atom. The van der Waals surface area contributed by atoms with Crippen molar-refractivity contribution in [1.29, 1.82) is 0 Å². The number of nitrogen functional groups attached to an aromatic ring is 1. The Morgan fingerprint density at radius 3 is 2.89 bits per heavy atom. The van der Waals surface area contributed by atoms with Crippen LogP contribution in [-0.2, 0) is 0 Å². The zero-order valence-corrected chi connectivity index (χ0v) is 10.7. The maximum atomic E-state index is 5.94. The van der Waals surface area contributed by atoms with Crippen LogP contribution >= 0.6 is 11.8 Å². The van der Waals surface area contributed by atoms with Crippen molar-refractivity contribution in [2.24, 2.45) is 0 Å². The van der Waals surface area contributed by atoms with Crippen LogP contribution in [0.4, 0.5) is 5.69 Å².